The van der Waals surface area contributed by atoms with Crippen molar-refractivity contribution in [2.24, 2.45) is 0 Å². The van der Waals surface area contributed by atoms with Crippen LogP contribution in [0.15, 0.2) is 42.5 Å². The minimum atomic E-state index is -0.791. The van der Waals surface area contributed by atoms with Crippen molar-refractivity contribution in [2.75, 3.05) is 5.32 Å². The number of carbonyl (C=O) groups excluding carboxylic acids is 1. The standard InChI is InChI=1S/C15H12Cl2FNO2/c1-9(21-12-5-2-10(16)3-6-12)15(20)19-14-7-4-11(17)8-13(14)18/h2-9H,1H3,(H,19,20)/t9-/m1/s1. The number of amides is 1. The Balaban J connectivity index is 2.00. The van der Waals surface area contributed by atoms with Crippen molar-refractivity contribution in [2.45, 2.75) is 13.0 Å². The van der Waals surface area contributed by atoms with Crippen LogP contribution in [0.1, 0.15) is 6.92 Å². The first-order chi connectivity index (χ1) is 9.95. The van der Waals surface area contributed by atoms with Gasteiger partial charge in [-0.05, 0) is 49.4 Å². The molecule has 0 radical (unpaired) electrons. The van der Waals surface area contributed by atoms with Crippen LogP contribution in [0, 0.1) is 5.82 Å². The second-order valence-corrected chi connectivity index (χ2v) is 5.20. The smallest absolute Gasteiger partial charge is 0.265 e. The molecule has 0 heterocycles. The van der Waals surface area contributed by atoms with Gasteiger partial charge in [-0.1, -0.05) is 23.2 Å². The zero-order valence-electron chi connectivity index (χ0n) is 11.1. The average Bonchev–Trinajstić information content (AvgIpc) is 2.44. The van der Waals surface area contributed by atoms with Gasteiger partial charge in [0.05, 0.1) is 5.69 Å². The lowest BCUT2D eigenvalue weighted by atomic mass is 10.2. The number of ether oxygens (including phenoxy) is 1. The molecule has 0 aliphatic heterocycles. The van der Waals surface area contributed by atoms with Gasteiger partial charge in [-0.15, -0.1) is 0 Å². The minimum absolute atomic E-state index is 0.0518. The third kappa shape index (κ3) is 4.34. The summed E-state index contributed by atoms with van der Waals surface area (Å²) < 4.78 is 19.0. The molecule has 1 atom stereocenters. The second-order valence-electron chi connectivity index (χ2n) is 4.33. The van der Waals surface area contributed by atoms with Crippen molar-refractivity contribution in [1.29, 1.82) is 0 Å². The van der Waals surface area contributed by atoms with Gasteiger partial charge in [-0.25, -0.2) is 4.39 Å². The Morgan fingerprint density at radius 2 is 1.76 bits per heavy atom. The predicted octanol–water partition coefficient (Wildman–Crippen LogP) is 4.54. The van der Waals surface area contributed by atoms with E-state index in [9.17, 15) is 9.18 Å². The van der Waals surface area contributed by atoms with Crippen molar-refractivity contribution in [1.82, 2.24) is 0 Å². The number of hydrogen-bond acceptors (Lipinski definition) is 2. The van der Waals surface area contributed by atoms with Gasteiger partial charge < -0.3 is 10.1 Å². The lowest BCUT2D eigenvalue weighted by molar-refractivity contribution is -0.122. The molecule has 0 bridgehead atoms. The van der Waals surface area contributed by atoms with E-state index in [1.54, 1.807) is 31.2 Å². The first-order valence-electron chi connectivity index (χ1n) is 6.14. The Morgan fingerprint density at radius 3 is 2.38 bits per heavy atom. The van der Waals surface area contributed by atoms with Crippen LogP contribution in [-0.4, -0.2) is 12.0 Å². The summed E-state index contributed by atoms with van der Waals surface area (Å²) in [5, 5.41) is 3.28. The summed E-state index contributed by atoms with van der Waals surface area (Å²) in [6.07, 6.45) is -0.791. The Morgan fingerprint density at radius 1 is 1.14 bits per heavy atom. The van der Waals surface area contributed by atoms with E-state index in [0.717, 1.165) is 6.07 Å². The minimum Gasteiger partial charge on any atom is -0.481 e. The van der Waals surface area contributed by atoms with Crippen LogP contribution in [0.5, 0.6) is 5.75 Å². The van der Waals surface area contributed by atoms with Crippen molar-refractivity contribution in [3.8, 4) is 5.75 Å². The molecule has 0 saturated carbocycles. The van der Waals surface area contributed by atoms with Gasteiger partial charge in [0.2, 0.25) is 0 Å². The number of benzene rings is 2. The van der Waals surface area contributed by atoms with E-state index in [1.807, 2.05) is 0 Å². The molecule has 0 aromatic heterocycles. The number of hydrogen-bond donors (Lipinski definition) is 1. The van der Waals surface area contributed by atoms with Crippen LogP contribution < -0.4 is 10.1 Å². The monoisotopic (exact) mass is 327 g/mol. The van der Waals surface area contributed by atoms with E-state index >= 15 is 0 Å². The predicted molar refractivity (Wildman–Crippen MR) is 81.6 cm³/mol. The molecule has 0 aliphatic carbocycles. The van der Waals surface area contributed by atoms with Crippen LogP contribution in [0.3, 0.4) is 0 Å². The summed E-state index contributed by atoms with van der Waals surface area (Å²) >= 11 is 11.4. The quantitative estimate of drug-likeness (QED) is 0.895. The molecule has 3 nitrogen and oxygen atoms in total. The zero-order valence-corrected chi connectivity index (χ0v) is 12.6. The van der Waals surface area contributed by atoms with Crippen LogP contribution >= 0.6 is 23.2 Å². The van der Waals surface area contributed by atoms with Gasteiger partial charge in [0.1, 0.15) is 11.6 Å². The maximum Gasteiger partial charge on any atom is 0.265 e. The molecule has 0 saturated heterocycles. The molecule has 2 aromatic rings. The highest BCUT2D eigenvalue weighted by Gasteiger charge is 2.16. The Kier molecular flexibility index (Phi) is 5.04. The van der Waals surface area contributed by atoms with Gasteiger partial charge in [0, 0.05) is 10.0 Å². The summed E-state index contributed by atoms with van der Waals surface area (Å²) in [4.78, 5) is 12.0. The SMILES string of the molecule is C[C@@H](Oc1ccc(Cl)cc1)C(=O)Nc1ccc(Cl)cc1F. The number of anilines is 1. The van der Waals surface area contributed by atoms with Gasteiger partial charge in [-0.3, -0.25) is 4.79 Å². The van der Waals surface area contributed by atoms with E-state index in [0.29, 0.717) is 10.8 Å². The number of rotatable bonds is 4. The van der Waals surface area contributed by atoms with Crippen LogP contribution in [-0.2, 0) is 4.79 Å². The highest BCUT2D eigenvalue weighted by atomic mass is 35.5. The Labute approximate surface area is 131 Å². The lowest BCUT2D eigenvalue weighted by Crippen LogP contribution is -2.30. The molecular formula is C15H12Cl2FNO2. The van der Waals surface area contributed by atoms with E-state index in [2.05, 4.69) is 5.32 Å². The molecule has 0 fully saturated rings. The molecule has 110 valence electrons. The molecule has 0 unspecified atom stereocenters. The fourth-order valence-corrected chi connectivity index (χ4v) is 1.88. The van der Waals surface area contributed by atoms with Crippen molar-refractivity contribution in [3.05, 3.63) is 58.3 Å². The molecule has 0 aliphatic rings. The fraction of sp³-hybridized carbons (Fsp3) is 0.133. The highest BCUT2D eigenvalue weighted by molar-refractivity contribution is 6.30. The second kappa shape index (κ2) is 6.78. The van der Waals surface area contributed by atoms with Crippen molar-refractivity contribution < 1.29 is 13.9 Å². The van der Waals surface area contributed by atoms with E-state index in [1.165, 1.54) is 12.1 Å². The lowest BCUT2D eigenvalue weighted by Gasteiger charge is -2.15. The Hall–Kier alpha value is -1.78. The van der Waals surface area contributed by atoms with E-state index in [-0.39, 0.29) is 10.7 Å². The number of nitrogens with one attached hydrogen (secondary N) is 1. The van der Waals surface area contributed by atoms with Crippen LogP contribution in [0.2, 0.25) is 10.0 Å². The summed E-state index contributed by atoms with van der Waals surface area (Å²) in [6.45, 7) is 1.57. The van der Waals surface area contributed by atoms with Gasteiger partial charge in [-0.2, -0.15) is 0 Å². The normalized spacial score (nSPS) is 11.8. The molecule has 2 aromatic carbocycles. The maximum atomic E-state index is 13.6. The molecule has 6 heteroatoms. The third-order valence-corrected chi connectivity index (χ3v) is 3.17. The molecule has 1 amide bonds. The van der Waals surface area contributed by atoms with E-state index < -0.39 is 17.8 Å². The first kappa shape index (κ1) is 15.6. The van der Waals surface area contributed by atoms with Gasteiger partial charge in [0.25, 0.3) is 5.91 Å². The largest absolute Gasteiger partial charge is 0.481 e. The summed E-state index contributed by atoms with van der Waals surface area (Å²) in [5.41, 5.74) is 0.0518. The topological polar surface area (TPSA) is 38.3 Å². The fourth-order valence-electron chi connectivity index (χ4n) is 1.60. The van der Waals surface area contributed by atoms with Crippen molar-refractivity contribution >= 4 is 34.8 Å². The van der Waals surface area contributed by atoms with Crippen LogP contribution in [0.4, 0.5) is 10.1 Å². The highest BCUT2D eigenvalue weighted by Crippen LogP contribution is 2.20. The van der Waals surface area contributed by atoms with Gasteiger partial charge >= 0.3 is 0 Å². The molecule has 1 N–H and O–H groups in total. The molecule has 21 heavy (non-hydrogen) atoms. The number of halogens is 3. The van der Waals surface area contributed by atoms with Gasteiger partial charge in [0.15, 0.2) is 6.10 Å². The molecular weight excluding hydrogens is 316 g/mol. The average molecular weight is 328 g/mol. The van der Waals surface area contributed by atoms with Crippen molar-refractivity contribution in [3.63, 3.8) is 0 Å². The third-order valence-electron chi connectivity index (χ3n) is 2.68. The Bertz CT molecular complexity index is 647. The zero-order chi connectivity index (χ0) is 15.4. The number of carbonyl (C=O) groups is 1. The maximum absolute atomic E-state index is 13.6. The summed E-state index contributed by atoms with van der Waals surface area (Å²) in [5.74, 6) is -0.570. The molecule has 2 rings (SSSR count). The first-order valence-corrected chi connectivity index (χ1v) is 6.89. The van der Waals surface area contributed by atoms with Crippen LogP contribution in [0.25, 0.3) is 0 Å². The molecule has 0 spiro atoms. The van der Waals surface area contributed by atoms with E-state index in [4.69, 9.17) is 27.9 Å². The summed E-state index contributed by atoms with van der Waals surface area (Å²) in [6, 6.07) is 10.6. The summed E-state index contributed by atoms with van der Waals surface area (Å²) in [7, 11) is 0.